The Bertz CT molecular complexity index is 646. The highest BCUT2D eigenvalue weighted by molar-refractivity contribution is 6.30. The molecule has 1 aromatic heterocycles. The van der Waals surface area contributed by atoms with E-state index in [0.717, 1.165) is 17.0 Å². The van der Waals surface area contributed by atoms with Gasteiger partial charge in [-0.05, 0) is 37.6 Å². The molecule has 0 fully saturated rings. The van der Waals surface area contributed by atoms with Crippen LogP contribution in [0.2, 0.25) is 5.02 Å². The number of amides is 1. The van der Waals surface area contributed by atoms with Crippen molar-refractivity contribution in [1.82, 2.24) is 15.2 Å². The number of nitrogens with zero attached hydrogens (tertiary/aromatic N) is 3. The molecule has 1 N–H and O–H groups in total. The summed E-state index contributed by atoms with van der Waals surface area (Å²) in [6.07, 6.45) is 1.91. The molecule has 0 aliphatic carbocycles. The number of rotatable bonds is 5. The predicted octanol–water partition coefficient (Wildman–Crippen LogP) is 2.69. The van der Waals surface area contributed by atoms with E-state index >= 15 is 0 Å². The zero-order valence-electron chi connectivity index (χ0n) is 12.0. The number of halogens is 1. The van der Waals surface area contributed by atoms with E-state index in [1.165, 1.54) is 0 Å². The van der Waals surface area contributed by atoms with Crippen LogP contribution in [0, 0.1) is 13.8 Å². The first kappa shape index (κ1) is 15.3. The third-order valence-electron chi connectivity index (χ3n) is 2.93. The van der Waals surface area contributed by atoms with Crippen LogP contribution in [0.4, 0.5) is 0 Å². The summed E-state index contributed by atoms with van der Waals surface area (Å²) in [5.41, 5.74) is 5.37. The first-order valence-electron chi connectivity index (χ1n) is 6.63. The zero-order chi connectivity index (χ0) is 15.2. The maximum absolute atomic E-state index is 11.7. The first-order valence-corrected chi connectivity index (χ1v) is 7.01. The van der Waals surface area contributed by atoms with E-state index < -0.39 is 0 Å². The molecule has 2 aromatic rings. The van der Waals surface area contributed by atoms with Crippen LogP contribution in [0.1, 0.15) is 23.4 Å². The van der Waals surface area contributed by atoms with Gasteiger partial charge in [-0.3, -0.25) is 9.48 Å². The smallest absolute Gasteiger partial charge is 0.241 e. The van der Waals surface area contributed by atoms with E-state index in [0.29, 0.717) is 18.0 Å². The molecule has 0 aliphatic rings. The molecule has 0 atom stereocenters. The molecule has 110 valence electrons. The van der Waals surface area contributed by atoms with Crippen molar-refractivity contribution in [1.29, 1.82) is 0 Å². The minimum Gasteiger partial charge on any atom is -0.273 e. The highest BCUT2D eigenvalue weighted by Crippen LogP contribution is 2.07. The number of hydrogen-bond acceptors (Lipinski definition) is 3. The molecule has 0 saturated heterocycles. The van der Waals surface area contributed by atoms with Crippen molar-refractivity contribution in [3.8, 4) is 0 Å². The fraction of sp³-hybridized carbons (Fsp3) is 0.267. The largest absolute Gasteiger partial charge is 0.273 e. The number of carbonyl (C=O) groups excluding carboxylic acids is 1. The molecular formula is C15H17ClN4O. The van der Waals surface area contributed by atoms with Crippen LogP contribution >= 0.6 is 11.6 Å². The maximum Gasteiger partial charge on any atom is 0.241 e. The Kier molecular flexibility index (Phi) is 5.11. The Hall–Kier alpha value is -2.14. The van der Waals surface area contributed by atoms with Gasteiger partial charge in [0.2, 0.25) is 5.91 Å². The Labute approximate surface area is 128 Å². The summed E-state index contributed by atoms with van der Waals surface area (Å²) in [5, 5.41) is 8.89. The third-order valence-corrected chi connectivity index (χ3v) is 3.18. The van der Waals surface area contributed by atoms with Crippen LogP contribution < -0.4 is 5.43 Å². The van der Waals surface area contributed by atoms with Gasteiger partial charge in [0.15, 0.2) is 0 Å². The lowest BCUT2D eigenvalue weighted by Crippen LogP contribution is -2.20. The predicted molar refractivity (Wildman–Crippen MR) is 83.5 cm³/mol. The van der Waals surface area contributed by atoms with Crippen molar-refractivity contribution >= 4 is 23.7 Å². The summed E-state index contributed by atoms with van der Waals surface area (Å²) < 4.78 is 1.82. The standard InChI is InChI=1S/C15H17ClN4O/c1-11-9-12(2)20(19-11)8-7-15(21)18-17-10-13-3-5-14(16)6-4-13/h3-6,9-10H,7-8H2,1-2H3,(H,18,21)/b17-10-. The molecule has 1 aromatic carbocycles. The average molecular weight is 305 g/mol. The number of benzene rings is 1. The molecule has 21 heavy (non-hydrogen) atoms. The zero-order valence-corrected chi connectivity index (χ0v) is 12.8. The van der Waals surface area contributed by atoms with E-state index in [-0.39, 0.29) is 5.91 Å². The van der Waals surface area contributed by atoms with Crippen LogP contribution in [0.3, 0.4) is 0 Å². The molecule has 1 heterocycles. The topological polar surface area (TPSA) is 59.3 Å². The van der Waals surface area contributed by atoms with Gasteiger partial charge in [-0.2, -0.15) is 10.2 Å². The normalized spacial score (nSPS) is 11.0. The van der Waals surface area contributed by atoms with E-state index in [2.05, 4.69) is 15.6 Å². The average Bonchev–Trinajstić information content (AvgIpc) is 2.77. The summed E-state index contributed by atoms with van der Waals surface area (Å²) in [5.74, 6) is -0.146. The summed E-state index contributed by atoms with van der Waals surface area (Å²) in [7, 11) is 0. The summed E-state index contributed by atoms with van der Waals surface area (Å²) in [6, 6.07) is 9.18. The maximum atomic E-state index is 11.7. The van der Waals surface area contributed by atoms with Gasteiger partial charge in [0.1, 0.15) is 0 Å². The second-order valence-corrected chi connectivity index (χ2v) is 5.18. The highest BCUT2D eigenvalue weighted by Gasteiger charge is 2.04. The van der Waals surface area contributed by atoms with Gasteiger partial charge in [-0.25, -0.2) is 5.43 Å². The number of aryl methyl sites for hydroxylation is 3. The van der Waals surface area contributed by atoms with Crippen molar-refractivity contribution in [2.75, 3.05) is 0 Å². The molecule has 1 amide bonds. The third kappa shape index (κ3) is 4.72. The number of hydrogen-bond donors (Lipinski definition) is 1. The van der Waals surface area contributed by atoms with Crippen molar-refractivity contribution in [2.24, 2.45) is 5.10 Å². The van der Waals surface area contributed by atoms with E-state index in [1.807, 2.05) is 36.7 Å². The summed E-state index contributed by atoms with van der Waals surface area (Å²) in [4.78, 5) is 11.7. The lowest BCUT2D eigenvalue weighted by atomic mass is 10.2. The number of carbonyl (C=O) groups is 1. The van der Waals surface area contributed by atoms with Gasteiger partial charge in [-0.1, -0.05) is 23.7 Å². The Morgan fingerprint density at radius 3 is 2.71 bits per heavy atom. The number of nitrogens with one attached hydrogen (secondary N) is 1. The minimum atomic E-state index is -0.146. The van der Waals surface area contributed by atoms with Gasteiger partial charge in [0.05, 0.1) is 18.5 Å². The molecule has 0 aliphatic heterocycles. The lowest BCUT2D eigenvalue weighted by molar-refractivity contribution is -0.121. The minimum absolute atomic E-state index is 0.146. The van der Waals surface area contributed by atoms with E-state index in [4.69, 9.17) is 11.6 Å². The second kappa shape index (κ2) is 7.04. The van der Waals surface area contributed by atoms with Gasteiger partial charge in [-0.15, -0.1) is 0 Å². The SMILES string of the molecule is Cc1cc(C)n(CCC(=O)N/N=C\c2ccc(Cl)cc2)n1. The van der Waals surface area contributed by atoms with Crippen LogP contribution in [-0.4, -0.2) is 21.9 Å². The van der Waals surface area contributed by atoms with Crippen LogP contribution in [0.25, 0.3) is 0 Å². The molecule has 5 nitrogen and oxygen atoms in total. The Balaban J connectivity index is 1.79. The fourth-order valence-corrected chi connectivity index (χ4v) is 2.02. The molecule has 0 radical (unpaired) electrons. The van der Waals surface area contributed by atoms with Crippen molar-refractivity contribution in [3.05, 3.63) is 52.3 Å². The number of aromatic nitrogens is 2. The second-order valence-electron chi connectivity index (χ2n) is 4.74. The Morgan fingerprint density at radius 1 is 1.38 bits per heavy atom. The summed E-state index contributed by atoms with van der Waals surface area (Å²) in [6.45, 7) is 4.44. The fourth-order valence-electron chi connectivity index (χ4n) is 1.89. The molecule has 6 heteroatoms. The molecule has 2 rings (SSSR count). The van der Waals surface area contributed by atoms with E-state index in [1.54, 1.807) is 18.3 Å². The van der Waals surface area contributed by atoms with Crippen LogP contribution in [-0.2, 0) is 11.3 Å². The highest BCUT2D eigenvalue weighted by atomic mass is 35.5. The van der Waals surface area contributed by atoms with E-state index in [9.17, 15) is 4.79 Å². The van der Waals surface area contributed by atoms with Gasteiger partial charge in [0.25, 0.3) is 0 Å². The van der Waals surface area contributed by atoms with Crippen molar-refractivity contribution in [2.45, 2.75) is 26.8 Å². The molecule has 0 bridgehead atoms. The van der Waals surface area contributed by atoms with Crippen LogP contribution in [0.15, 0.2) is 35.4 Å². The first-order chi connectivity index (χ1) is 10.0. The Morgan fingerprint density at radius 2 is 2.10 bits per heavy atom. The van der Waals surface area contributed by atoms with Crippen molar-refractivity contribution < 1.29 is 4.79 Å². The quantitative estimate of drug-likeness (QED) is 0.682. The van der Waals surface area contributed by atoms with Gasteiger partial charge >= 0.3 is 0 Å². The molecular weight excluding hydrogens is 288 g/mol. The monoisotopic (exact) mass is 304 g/mol. The molecule has 0 saturated carbocycles. The summed E-state index contributed by atoms with van der Waals surface area (Å²) >= 11 is 5.79. The van der Waals surface area contributed by atoms with Crippen LogP contribution in [0.5, 0.6) is 0 Å². The molecule has 0 unspecified atom stereocenters. The van der Waals surface area contributed by atoms with Crippen molar-refractivity contribution in [3.63, 3.8) is 0 Å². The van der Waals surface area contributed by atoms with Gasteiger partial charge < -0.3 is 0 Å². The molecule has 0 spiro atoms. The number of hydrazone groups is 1. The van der Waals surface area contributed by atoms with Gasteiger partial charge in [0, 0.05) is 17.1 Å². The lowest BCUT2D eigenvalue weighted by Gasteiger charge is -2.03.